The first kappa shape index (κ1) is 13.8. The van der Waals surface area contributed by atoms with Crippen molar-refractivity contribution in [3.63, 3.8) is 0 Å². The molecule has 0 saturated carbocycles. The summed E-state index contributed by atoms with van der Waals surface area (Å²) in [4.78, 5) is 0.0926. The first-order valence-electron chi connectivity index (χ1n) is 5.66. The van der Waals surface area contributed by atoms with E-state index in [0.29, 0.717) is 5.76 Å². The first-order valence-corrected chi connectivity index (χ1v) is 7.10. The van der Waals surface area contributed by atoms with Gasteiger partial charge in [-0.1, -0.05) is 0 Å². The van der Waals surface area contributed by atoms with Gasteiger partial charge in [0, 0.05) is 13.2 Å². The predicted octanol–water partition coefficient (Wildman–Crippen LogP) is 0.289. The Hall–Kier alpha value is -1.64. The van der Waals surface area contributed by atoms with Crippen LogP contribution in [0.3, 0.4) is 0 Å². The highest BCUT2D eigenvalue weighted by molar-refractivity contribution is 7.89. The van der Waals surface area contributed by atoms with Crippen LogP contribution in [0.4, 0.5) is 0 Å². The molecule has 2 rings (SSSR count). The van der Waals surface area contributed by atoms with Crippen molar-refractivity contribution in [1.82, 2.24) is 14.1 Å². The maximum absolute atomic E-state index is 12.2. The van der Waals surface area contributed by atoms with Crippen molar-refractivity contribution in [1.29, 1.82) is 0 Å². The smallest absolute Gasteiger partial charge is 0.246 e. The number of hydrogen-bond acceptors (Lipinski definition) is 5. The molecule has 104 valence electrons. The molecule has 1 N–H and O–H groups in total. The SMILES string of the molecule is CN(Cc1ccco1)S(=O)(=O)c1cnn(CCO)c1. The zero-order chi connectivity index (χ0) is 13.9. The molecule has 0 atom stereocenters. The van der Waals surface area contributed by atoms with E-state index in [-0.39, 0.29) is 24.6 Å². The molecular formula is C11H15N3O4S. The minimum atomic E-state index is -3.60. The van der Waals surface area contributed by atoms with Gasteiger partial charge in [0.1, 0.15) is 10.7 Å². The molecule has 0 unspecified atom stereocenters. The summed E-state index contributed by atoms with van der Waals surface area (Å²) < 4.78 is 32.2. The normalized spacial score (nSPS) is 12.2. The number of aromatic nitrogens is 2. The summed E-state index contributed by atoms with van der Waals surface area (Å²) in [6, 6.07) is 3.41. The summed E-state index contributed by atoms with van der Waals surface area (Å²) >= 11 is 0. The van der Waals surface area contributed by atoms with Gasteiger partial charge in [-0.3, -0.25) is 4.68 Å². The maximum atomic E-state index is 12.2. The van der Waals surface area contributed by atoms with Gasteiger partial charge < -0.3 is 9.52 Å². The molecular weight excluding hydrogens is 270 g/mol. The molecule has 0 aromatic carbocycles. The van der Waals surface area contributed by atoms with Crippen molar-refractivity contribution in [3.8, 4) is 0 Å². The van der Waals surface area contributed by atoms with E-state index in [9.17, 15) is 8.42 Å². The van der Waals surface area contributed by atoms with Crippen molar-refractivity contribution >= 4 is 10.0 Å². The first-order chi connectivity index (χ1) is 9.04. The van der Waals surface area contributed by atoms with E-state index in [0.717, 1.165) is 0 Å². The predicted molar refractivity (Wildman–Crippen MR) is 66.7 cm³/mol. The minimum Gasteiger partial charge on any atom is -0.468 e. The molecule has 0 amide bonds. The zero-order valence-corrected chi connectivity index (χ0v) is 11.2. The lowest BCUT2D eigenvalue weighted by Crippen LogP contribution is -2.26. The van der Waals surface area contributed by atoms with Crippen LogP contribution in [0.25, 0.3) is 0 Å². The number of sulfonamides is 1. The van der Waals surface area contributed by atoms with Crippen LogP contribution in [0.15, 0.2) is 40.1 Å². The average Bonchev–Trinajstić information content (AvgIpc) is 3.00. The Morgan fingerprint density at radius 2 is 2.32 bits per heavy atom. The van der Waals surface area contributed by atoms with Crippen LogP contribution in [-0.4, -0.2) is 41.3 Å². The van der Waals surface area contributed by atoms with Gasteiger partial charge in [0.15, 0.2) is 0 Å². The van der Waals surface area contributed by atoms with E-state index >= 15 is 0 Å². The fraction of sp³-hybridized carbons (Fsp3) is 0.364. The molecule has 2 aromatic rings. The van der Waals surface area contributed by atoms with Crippen LogP contribution in [-0.2, 0) is 23.1 Å². The Kier molecular flexibility index (Phi) is 4.03. The van der Waals surface area contributed by atoms with Crippen molar-refractivity contribution in [2.75, 3.05) is 13.7 Å². The number of aliphatic hydroxyl groups excluding tert-OH is 1. The second kappa shape index (κ2) is 5.55. The summed E-state index contributed by atoms with van der Waals surface area (Å²) in [5.41, 5.74) is 0. The summed E-state index contributed by atoms with van der Waals surface area (Å²) in [6.45, 7) is 0.321. The molecule has 0 fully saturated rings. The number of hydrogen-bond donors (Lipinski definition) is 1. The fourth-order valence-electron chi connectivity index (χ4n) is 1.59. The third kappa shape index (κ3) is 3.03. The lowest BCUT2D eigenvalue weighted by atomic mass is 10.4. The monoisotopic (exact) mass is 285 g/mol. The van der Waals surface area contributed by atoms with Gasteiger partial charge in [-0.25, -0.2) is 8.42 Å². The van der Waals surface area contributed by atoms with Gasteiger partial charge in [-0.15, -0.1) is 0 Å². The van der Waals surface area contributed by atoms with Crippen LogP contribution in [0.1, 0.15) is 5.76 Å². The van der Waals surface area contributed by atoms with Crippen LogP contribution < -0.4 is 0 Å². The van der Waals surface area contributed by atoms with Crippen molar-refractivity contribution in [2.45, 2.75) is 18.0 Å². The van der Waals surface area contributed by atoms with Gasteiger partial charge >= 0.3 is 0 Å². The second-order valence-corrected chi connectivity index (χ2v) is 6.05. The van der Waals surface area contributed by atoms with E-state index in [1.54, 1.807) is 12.1 Å². The highest BCUT2D eigenvalue weighted by atomic mass is 32.2. The topological polar surface area (TPSA) is 88.6 Å². The molecule has 0 saturated heterocycles. The molecule has 2 aromatic heterocycles. The summed E-state index contributed by atoms with van der Waals surface area (Å²) in [5, 5.41) is 12.7. The molecule has 0 bridgehead atoms. The van der Waals surface area contributed by atoms with Crippen LogP contribution in [0.2, 0.25) is 0 Å². The van der Waals surface area contributed by atoms with E-state index in [4.69, 9.17) is 9.52 Å². The van der Waals surface area contributed by atoms with Crippen LogP contribution >= 0.6 is 0 Å². The third-order valence-corrected chi connectivity index (χ3v) is 4.36. The average molecular weight is 285 g/mol. The largest absolute Gasteiger partial charge is 0.468 e. The molecule has 7 nitrogen and oxygen atoms in total. The van der Waals surface area contributed by atoms with E-state index < -0.39 is 10.0 Å². The lowest BCUT2D eigenvalue weighted by molar-refractivity contribution is 0.269. The Labute approximate surface area is 111 Å². The Morgan fingerprint density at radius 1 is 1.53 bits per heavy atom. The molecule has 8 heteroatoms. The van der Waals surface area contributed by atoms with Crippen LogP contribution in [0.5, 0.6) is 0 Å². The third-order valence-electron chi connectivity index (χ3n) is 2.61. The molecule has 0 spiro atoms. The highest BCUT2D eigenvalue weighted by Crippen LogP contribution is 2.16. The van der Waals surface area contributed by atoms with Crippen molar-refractivity contribution < 1.29 is 17.9 Å². The minimum absolute atomic E-state index is 0.0926. The molecule has 0 aliphatic carbocycles. The summed E-state index contributed by atoms with van der Waals surface area (Å²) in [5.74, 6) is 0.564. The fourth-order valence-corrected chi connectivity index (χ4v) is 2.68. The Bertz CT molecular complexity index is 618. The standard InChI is InChI=1S/C11H15N3O4S/c1-13(8-10-3-2-6-18-10)19(16,17)11-7-12-14(9-11)4-5-15/h2-3,6-7,9,15H,4-5,8H2,1H3. The summed E-state index contributed by atoms with van der Waals surface area (Å²) in [7, 11) is -2.13. The van der Waals surface area contributed by atoms with Gasteiger partial charge in [-0.2, -0.15) is 9.40 Å². The van der Waals surface area contributed by atoms with Gasteiger partial charge in [0.25, 0.3) is 0 Å². The Balaban J connectivity index is 2.16. The van der Waals surface area contributed by atoms with Crippen LogP contribution in [0, 0.1) is 0 Å². The quantitative estimate of drug-likeness (QED) is 0.824. The molecule has 0 aliphatic heterocycles. The zero-order valence-electron chi connectivity index (χ0n) is 10.4. The number of nitrogens with zero attached hydrogens (tertiary/aromatic N) is 3. The van der Waals surface area contributed by atoms with Gasteiger partial charge in [0.2, 0.25) is 10.0 Å². The number of furan rings is 1. The number of rotatable bonds is 6. The number of aliphatic hydroxyl groups is 1. The van der Waals surface area contributed by atoms with Crippen molar-refractivity contribution in [3.05, 3.63) is 36.5 Å². The summed E-state index contributed by atoms with van der Waals surface area (Å²) in [6.07, 6.45) is 4.16. The molecule has 19 heavy (non-hydrogen) atoms. The van der Waals surface area contributed by atoms with E-state index in [2.05, 4.69) is 5.10 Å². The van der Waals surface area contributed by atoms with Crippen molar-refractivity contribution in [2.24, 2.45) is 0 Å². The molecule has 0 radical (unpaired) electrons. The highest BCUT2D eigenvalue weighted by Gasteiger charge is 2.23. The van der Waals surface area contributed by atoms with Gasteiger partial charge in [0.05, 0.1) is 32.2 Å². The van der Waals surface area contributed by atoms with E-state index in [1.165, 1.54) is 34.7 Å². The van der Waals surface area contributed by atoms with Gasteiger partial charge in [-0.05, 0) is 12.1 Å². The maximum Gasteiger partial charge on any atom is 0.246 e. The van der Waals surface area contributed by atoms with E-state index in [1.807, 2.05) is 0 Å². The molecule has 0 aliphatic rings. The second-order valence-electron chi connectivity index (χ2n) is 4.00. The molecule has 2 heterocycles. The lowest BCUT2D eigenvalue weighted by Gasteiger charge is -2.14. The Morgan fingerprint density at radius 3 is 2.95 bits per heavy atom.